The average molecular weight is 326 g/mol. The van der Waals surface area contributed by atoms with Crippen molar-refractivity contribution in [2.24, 2.45) is 0 Å². The van der Waals surface area contributed by atoms with Crippen LogP contribution in [0.15, 0.2) is 28.9 Å². The van der Waals surface area contributed by atoms with Gasteiger partial charge in [-0.25, -0.2) is 4.79 Å². The Morgan fingerprint density at radius 1 is 1.32 bits per heavy atom. The van der Waals surface area contributed by atoms with Gasteiger partial charge in [-0.3, -0.25) is 4.57 Å². The fraction of sp³-hybridized carbons (Fsp3) is 0.357. The zero-order valence-corrected chi connectivity index (χ0v) is 12.9. The molecule has 0 saturated carbocycles. The fourth-order valence-corrected chi connectivity index (χ4v) is 2.24. The van der Waals surface area contributed by atoms with Gasteiger partial charge in [0.2, 0.25) is 0 Å². The Hall–Kier alpha value is -1.49. The van der Waals surface area contributed by atoms with Gasteiger partial charge in [-0.1, -0.05) is 15.9 Å². The maximum atomic E-state index is 12.1. The number of rotatable bonds is 1. The highest BCUT2D eigenvalue weighted by atomic mass is 79.9. The first-order valence-corrected chi connectivity index (χ1v) is 6.69. The molecule has 1 heterocycles. The van der Waals surface area contributed by atoms with Gasteiger partial charge in [0, 0.05) is 16.1 Å². The number of methoxy groups -OCH3 is 1. The molecule has 5 heteroatoms. The van der Waals surface area contributed by atoms with E-state index in [-0.39, 0.29) is 0 Å². The van der Waals surface area contributed by atoms with Gasteiger partial charge in [-0.2, -0.15) is 0 Å². The molecular weight excluding hydrogens is 310 g/mol. The standard InChI is InChI=1S/C14H16BrNO3/c1-14(2,3)19-13(17)16-6-5-10-11(16)7-9(15)8-12(10)18-4/h5-8H,1-4H3. The molecule has 0 aliphatic rings. The zero-order valence-electron chi connectivity index (χ0n) is 11.4. The van der Waals surface area contributed by atoms with Gasteiger partial charge in [0.25, 0.3) is 0 Å². The van der Waals surface area contributed by atoms with E-state index < -0.39 is 11.7 Å². The number of aromatic nitrogens is 1. The van der Waals surface area contributed by atoms with Crippen molar-refractivity contribution in [3.05, 3.63) is 28.9 Å². The van der Waals surface area contributed by atoms with Crippen LogP contribution in [0.25, 0.3) is 10.9 Å². The lowest BCUT2D eigenvalue weighted by molar-refractivity contribution is 0.0544. The molecule has 0 aliphatic heterocycles. The molecular formula is C14H16BrNO3. The number of carbonyl (C=O) groups is 1. The maximum absolute atomic E-state index is 12.1. The van der Waals surface area contributed by atoms with E-state index >= 15 is 0 Å². The number of hydrogen-bond donors (Lipinski definition) is 0. The lowest BCUT2D eigenvalue weighted by Crippen LogP contribution is -2.26. The van der Waals surface area contributed by atoms with E-state index in [9.17, 15) is 4.79 Å². The van der Waals surface area contributed by atoms with E-state index in [0.29, 0.717) is 5.75 Å². The van der Waals surface area contributed by atoms with Crippen molar-refractivity contribution >= 4 is 32.9 Å². The molecule has 0 fully saturated rings. The topological polar surface area (TPSA) is 40.5 Å². The number of benzene rings is 1. The van der Waals surface area contributed by atoms with Crippen molar-refractivity contribution in [2.45, 2.75) is 26.4 Å². The van der Waals surface area contributed by atoms with E-state index in [1.807, 2.05) is 39.0 Å². The monoisotopic (exact) mass is 325 g/mol. The Labute approximate surface area is 120 Å². The first-order valence-electron chi connectivity index (χ1n) is 5.90. The van der Waals surface area contributed by atoms with Crippen LogP contribution >= 0.6 is 15.9 Å². The van der Waals surface area contributed by atoms with Gasteiger partial charge in [0.05, 0.1) is 12.6 Å². The highest BCUT2D eigenvalue weighted by molar-refractivity contribution is 9.10. The van der Waals surface area contributed by atoms with E-state index in [0.717, 1.165) is 15.4 Å². The molecule has 0 radical (unpaired) electrons. The van der Waals surface area contributed by atoms with Gasteiger partial charge in [0.15, 0.2) is 0 Å². The van der Waals surface area contributed by atoms with Crippen LogP contribution in [0, 0.1) is 0 Å². The molecule has 0 amide bonds. The second-order valence-corrected chi connectivity index (χ2v) is 6.12. The summed E-state index contributed by atoms with van der Waals surface area (Å²) in [5.41, 5.74) is 0.226. The van der Waals surface area contributed by atoms with Crippen molar-refractivity contribution in [3.8, 4) is 5.75 Å². The Morgan fingerprint density at radius 2 is 2.00 bits per heavy atom. The number of carbonyl (C=O) groups excluding carboxylic acids is 1. The van der Waals surface area contributed by atoms with Gasteiger partial charge < -0.3 is 9.47 Å². The van der Waals surface area contributed by atoms with Gasteiger partial charge >= 0.3 is 6.09 Å². The summed E-state index contributed by atoms with van der Waals surface area (Å²) in [5.74, 6) is 0.715. The number of fused-ring (bicyclic) bond motifs is 1. The second kappa shape index (κ2) is 4.89. The molecule has 0 atom stereocenters. The van der Waals surface area contributed by atoms with E-state index in [1.165, 1.54) is 4.57 Å². The fourth-order valence-electron chi connectivity index (χ4n) is 1.81. The molecule has 2 aromatic rings. The molecule has 0 bridgehead atoms. The van der Waals surface area contributed by atoms with Crippen molar-refractivity contribution in [1.29, 1.82) is 0 Å². The van der Waals surface area contributed by atoms with Crippen LogP contribution in [-0.2, 0) is 4.74 Å². The molecule has 102 valence electrons. The van der Waals surface area contributed by atoms with Crippen LogP contribution < -0.4 is 4.74 Å². The summed E-state index contributed by atoms with van der Waals surface area (Å²) in [6, 6.07) is 5.56. The normalized spacial score (nSPS) is 11.6. The van der Waals surface area contributed by atoms with Crippen LogP contribution in [0.3, 0.4) is 0 Å². The predicted octanol–water partition coefficient (Wildman–Crippen LogP) is 4.20. The average Bonchev–Trinajstić information content (AvgIpc) is 2.69. The first kappa shape index (κ1) is 13.9. The van der Waals surface area contributed by atoms with Crippen molar-refractivity contribution in [2.75, 3.05) is 7.11 Å². The summed E-state index contributed by atoms with van der Waals surface area (Å²) in [5, 5.41) is 0.872. The van der Waals surface area contributed by atoms with E-state index in [2.05, 4.69) is 15.9 Å². The summed E-state index contributed by atoms with van der Waals surface area (Å²) in [4.78, 5) is 12.1. The Bertz CT molecular complexity index is 625. The Kier molecular flexibility index (Phi) is 3.58. The van der Waals surface area contributed by atoms with Crippen LogP contribution in [0.4, 0.5) is 4.79 Å². The molecule has 0 N–H and O–H groups in total. The van der Waals surface area contributed by atoms with E-state index in [1.54, 1.807) is 13.3 Å². The van der Waals surface area contributed by atoms with Crippen molar-refractivity contribution in [1.82, 2.24) is 4.57 Å². The number of nitrogens with zero attached hydrogens (tertiary/aromatic N) is 1. The zero-order chi connectivity index (χ0) is 14.2. The summed E-state index contributed by atoms with van der Waals surface area (Å²) < 4.78 is 13.0. The first-order chi connectivity index (χ1) is 8.81. The lowest BCUT2D eigenvalue weighted by Gasteiger charge is -2.19. The van der Waals surface area contributed by atoms with E-state index in [4.69, 9.17) is 9.47 Å². The molecule has 0 spiro atoms. The maximum Gasteiger partial charge on any atom is 0.418 e. The minimum Gasteiger partial charge on any atom is -0.496 e. The largest absolute Gasteiger partial charge is 0.496 e. The van der Waals surface area contributed by atoms with Gasteiger partial charge in [0.1, 0.15) is 11.4 Å². The van der Waals surface area contributed by atoms with Crippen molar-refractivity contribution in [3.63, 3.8) is 0 Å². The molecule has 1 aromatic heterocycles. The second-order valence-electron chi connectivity index (χ2n) is 5.21. The lowest BCUT2D eigenvalue weighted by atomic mass is 10.2. The third-order valence-corrected chi connectivity index (χ3v) is 3.00. The molecule has 0 aliphatic carbocycles. The summed E-state index contributed by atoms with van der Waals surface area (Å²) in [7, 11) is 1.60. The van der Waals surface area contributed by atoms with Gasteiger partial charge in [-0.05, 0) is 39.0 Å². The number of ether oxygens (including phenoxy) is 2. The molecule has 4 nitrogen and oxygen atoms in total. The van der Waals surface area contributed by atoms with Crippen LogP contribution in [0.2, 0.25) is 0 Å². The molecule has 0 saturated heterocycles. The smallest absolute Gasteiger partial charge is 0.418 e. The quantitative estimate of drug-likeness (QED) is 0.789. The van der Waals surface area contributed by atoms with Gasteiger partial charge in [-0.15, -0.1) is 0 Å². The van der Waals surface area contributed by atoms with Crippen LogP contribution in [0.1, 0.15) is 20.8 Å². The molecule has 0 unspecified atom stereocenters. The minimum absolute atomic E-state index is 0.400. The molecule has 19 heavy (non-hydrogen) atoms. The minimum atomic E-state index is -0.524. The third kappa shape index (κ3) is 2.92. The highest BCUT2D eigenvalue weighted by Gasteiger charge is 2.20. The summed E-state index contributed by atoms with van der Waals surface area (Å²) in [6.07, 6.45) is 1.29. The molecule has 1 aromatic carbocycles. The van der Waals surface area contributed by atoms with Crippen molar-refractivity contribution < 1.29 is 14.3 Å². The Morgan fingerprint density at radius 3 is 2.58 bits per heavy atom. The number of halogens is 1. The number of hydrogen-bond acceptors (Lipinski definition) is 3. The Balaban J connectivity index is 2.51. The molecule has 2 rings (SSSR count). The van der Waals surface area contributed by atoms with Crippen LogP contribution in [0.5, 0.6) is 5.75 Å². The summed E-state index contributed by atoms with van der Waals surface area (Å²) in [6.45, 7) is 5.52. The SMILES string of the molecule is COc1cc(Br)cc2c1ccn2C(=O)OC(C)(C)C. The summed E-state index contributed by atoms with van der Waals surface area (Å²) >= 11 is 3.41. The third-order valence-electron chi connectivity index (χ3n) is 2.54. The highest BCUT2D eigenvalue weighted by Crippen LogP contribution is 2.31. The van der Waals surface area contributed by atoms with Crippen LogP contribution in [-0.4, -0.2) is 23.4 Å². The predicted molar refractivity (Wildman–Crippen MR) is 77.8 cm³/mol.